The highest BCUT2D eigenvalue weighted by molar-refractivity contribution is 9.10. The third-order valence-corrected chi connectivity index (χ3v) is 3.95. The van der Waals surface area contributed by atoms with E-state index in [0.717, 1.165) is 36.3 Å². The number of rotatable bonds is 6. The predicted molar refractivity (Wildman–Crippen MR) is 82.7 cm³/mol. The van der Waals surface area contributed by atoms with Gasteiger partial charge in [0.1, 0.15) is 5.75 Å². The van der Waals surface area contributed by atoms with Crippen molar-refractivity contribution in [1.29, 1.82) is 0 Å². The molecule has 1 N–H and O–H groups in total. The second-order valence-electron chi connectivity index (χ2n) is 5.23. The summed E-state index contributed by atoms with van der Waals surface area (Å²) in [7, 11) is 2.18. The molecule has 0 amide bonds. The number of halogens is 1. The number of likely N-dealkylation sites (tertiary alicyclic amines) is 1. The van der Waals surface area contributed by atoms with E-state index in [0.29, 0.717) is 6.04 Å². The van der Waals surface area contributed by atoms with Crippen molar-refractivity contribution in [2.24, 2.45) is 0 Å². The van der Waals surface area contributed by atoms with Gasteiger partial charge in [0.2, 0.25) is 0 Å². The fourth-order valence-corrected chi connectivity index (χ4v) is 2.80. The van der Waals surface area contributed by atoms with Crippen LogP contribution in [0.5, 0.6) is 5.75 Å². The lowest BCUT2D eigenvalue weighted by atomic mass is 10.1. The summed E-state index contributed by atoms with van der Waals surface area (Å²) in [4.78, 5) is 2.37. The van der Waals surface area contributed by atoms with Gasteiger partial charge in [-0.2, -0.15) is 0 Å². The van der Waals surface area contributed by atoms with E-state index in [2.05, 4.69) is 52.3 Å². The topological polar surface area (TPSA) is 24.5 Å². The molecule has 1 heterocycles. The van der Waals surface area contributed by atoms with Crippen molar-refractivity contribution in [1.82, 2.24) is 10.2 Å². The largest absolute Gasteiger partial charge is 0.493 e. The Morgan fingerprint density at radius 3 is 3.00 bits per heavy atom. The molecular weight excluding hydrogens is 304 g/mol. The summed E-state index contributed by atoms with van der Waals surface area (Å²) in [5.41, 5.74) is 1.23. The van der Waals surface area contributed by atoms with Crippen molar-refractivity contribution in [3.63, 3.8) is 0 Å². The molecule has 19 heavy (non-hydrogen) atoms. The van der Waals surface area contributed by atoms with Crippen molar-refractivity contribution in [2.45, 2.75) is 32.4 Å². The quantitative estimate of drug-likeness (QED) is 0.869. The lowest BCUT2D eigenvalue weighted by molar-refractivity contribution is 0.312. The van der Waals surface area contributed by atoms with Gasteiger partial charge in [-0.25, -0.2) is 0 Å². The van der Waals surface area contributed by atoms with Gasteiger partial charge in [-0.15, -0.1) is 0 Å². The van der Waals surface area contributed by atoms with Gasteiger partial charge in [0.15, 0.2) is 0 Å². The third kappa shape index (κ3) is 4.48. The van der Waals surface area contributed by atoms with Crippen LogP contribution in [0.3, 0.4) is 0 Å². The van der Waals surface area contributed by atoms with Crippen molar-refractivity contribution in [2.75, 3.05) is 26.7 Å². The molecule has 0 spiro atoms. The van der Waals surface area contributed by atoms with Crippen molar-refractivity contribution in [3.05, 3.63) is 28.2 Å². The number of nitrogens with zero attached hydrogens (tertiary/aromatic N) is 1. The lowest BCUT2D eigenvalue weighted by Gasteiger charge is -2.16. The fourth-order valence-electron chi connectivity index (χ4n) is 2.39. The minimum atomic E-state index is 0.600. The van der Waals surface area contributed by atoms with Crippen molar-refractivity contribution >= 4 is 15.9 Å². The van der Waals surface area contributed by atoms with Gasteiger partial charge >= 0.3 is 0 Å². The first-order chi connectivity index (χ1) is 9.19. The molecule has 1 atom stereocenters. The molecule has 3 nitrogen and oxygen atoms in total. The maximum Gasteiger partial charge on any atom is 0.123 e. The SMILES string of the molecule is CCCOc1ccc(Br)cc1CNC1CCN(C)C1. The van der Waals surface area contributed by atoms with Crippen LogP contribution >= 0.6 is 15.9 Å². The standard InChI is InChI=1S/C15H23BrN2O/c1-3-8-19-15-5-4-13(16)9-12(15)10-17-14-6-7-18(2)11-14/h4-5,9,14,17H,3,6-8,10-11H2,1-2H3. The summed E-state index contributed by atoms with van der Waals surface area (Å²) in [5.74, 6) is 1.00. The monoisotopic (exact) mass is 326 g/mol. The summed E-state index contributed by atoms with van der Waals surface area (Å²) >= 11 is 3.54. The maximum atomic E-state index is 5.81. The highest BCUT2D eigenvalue weighted by atomic mass is 79.9. The van der Waals surface area contributed by atoms with Crippen LogP contribution in [-0.4, -0.2) is 37.7 Å². The van der Waals surface area contributed by atoms with Gasteiger partial charge in [-0.3, -0.25) is 0 Å². The molecule has 0 aromatic heterocycles. The molecule has 1 aliphatic rings. The van der Waals surface area contributed by atoms with Gasteiger partial charge in [-0.05, 0) is 44.6 Å². The van der Waals surface area contributed by atoms with Crippen LogP contribution in [0.1, 0.15) is 25.3 Å². The Balaban J connectivity index is 1.95. The molecule has 1 fully saturated rings. The summed E-state index contributed by atoms with van der Waals surface area (Å²) in [6, 6.07) is 6.84. The Bertz CT molecular complexity index is 411. The highest BCUT2D eigenvalue weighted by Crippen LogP contribution is 2.24. The van der Waals surface area contributed by atoms with Crippen molar-refractivity contribution < 1.29 is 4.74 Å². The van der Waals surface area contributed by atoms with E-state index in [-0.39, 0.29) is 0 Å². The van der Waals surface area contributed by atoms with Crippen LogP contribution in [-0.2, 0) is 6.54 Å². The number of hydrogen-bond donors (Lipinski definition) is 1. The molecule has 0 bridgehead atoms. The Kier molecular flexibility index (Phi) is 5.67. The Morgan fingerprint density at radius 1 is 1.47 bits per heavy atom. The first-order valence-electron chi connectivity index (χ1n) is 7.02. The van der Waals surface area contributed by atoms with E-state index in [9.17, 15) is 0 Å². The molecule has 1 aromatic carbocycles. The minimum absolute atomic E-state index is 0.600. The van der Waals surface area contributed by atoms with Crippen LogP contribution in [0.25, 0.3) is 0 Å². The summed E-state index contributed by atoms with van der Waals surface area (Å²) in [5, 5.41) is 3.63. The Morgan fingerprint density at radius 2 is 2.32 bits per heavy atom. The maximum absolute atomic E-state index is 5.81. The van der Waals surface area contributed by atoms with E-state index in [1.165, 1.54) is 18.5 Å². The molecule has 1 aromatic rings. The fraction of sp³-hybridized carbons (Fsp3) is 0.600. The summed E-state index contributed by atoms with van der Waals surface area (Å²) < 4.78 is 6.91. The number of ether oxygens (including phenoxy) is 1. The Labute approximate surface area is 124 Å². The molecule has 1 saturated heterocycles. The first-order valence-corrected chi connectivity index (χ1v) is 7.81. The second kappa shape index (κ2) is 7.27. The predicted octanol–water partition coefficient (Wildman–Crippen LogP) is 3.03. The summed E-state index contributed by atoms with van der Waals surface area (Å²) in [6.07, 6.45) is 2.27. The smallest absolute Gasteiger partial charge is 0.123 e. The lowest BCUT2D eigenvalue weighted by Crippen LogP contribution is -2.31. The second-order valence-corrected chi connectivity index (χ2v) is 6.14. The van der Waals surface area contributed by atoms with Gasteiger partial charge < -0.3 is 15.0 Å². The van der Waals surface area contributed by atoms with Crippen LogP contribution < -0.4 is 10.1 Å². The van der Waals surface area contributed by atoms with E-state index in [4.69, 9.17) is 4.74 Å². The van der Waals surface area contributed by atoms with E-state index < -0.39 is 0 Å². The van der Waals surface area contributed by atoms with E-state index in [1.807, 2.05) is 6.07 Å². The molecule has 0 aliphatic carbocycles. The minimum Gasteiger partial charge on any atom is -0.493 e. The van der Waals surface area contributed by atoms with Crippen LogP contribution in [0, 0.1) is 0 Å². The van der Waals surface area contributed by atoms with E-state index >= 15 is 0 Å². The number of hydrogen-bond acceptors (Lipinski definition) is 3. The summed E-state index contributed by atoms with van der Waals surface area (Å²) in [6.45, 7) is 6.11. The highest BCUT2D eigenvalue weighted by Gasteiger charge is 2.19. The van der Waals surface area contributed by atoms with Gasteiger partial charge in [0, 0.05) is 29.2 Å². The average Bonchev–Trinajstić information content (AvgIpc) is 2.81. The van der Waals surface area contributed by atoms with E-state index in [1.54, 1.807) is 0 Å². The molecule has 0 radical (unpaired) electrons. The zero-order valence-corrected chi connectivity index (χ0v) is 13.4. The van der Waals surface area contributed by atoms with Crippen LogP contribution in [0.15, 0.2) is 22.7 Å². The normalized spacial score (nSPS) is 19.8. The van der Waals surface area contributed by atoms with Gasteiger partial charge in [-0.1, -0.05) is 22.9 Å². The Hall–Kier alpha value is -0.580. The molecule has 106 valence electrons. The van der Waals surface area contributed by atoms with Gasteiger partial charge in [0.25, 0.3) is 0 Å². The number of benzene rings is 1. The van der Waals surface area contributed by atoms with Crippen LogP contribution in [0.4, 0.5) is 0 Å². The molecule has 0 saturated carbocycles. The molecule has 1 aliphatic heterocycles. The molecular formula is C15H23BrN2O. The molecule has 4 heteroatoms. The average molecular weight is 327 g/mol. The van der Waals surface area contributed by atoms with Crippen LogP contribution in [0.2, 0.25) is 0 Å². The third-order valence-electron chi connectivity index (χ3n) is 3.46. The molecule has 1 unspecified atom stereocenters. The zero-order valence-electron chi connectivity index (χ0n) is 11.8. The molecule has 2 rings (SSSR count). The zero-order chi connectivity index (χ0) is 13.7. The first kappa shape index (κ1) is 14.8. The van der Waals surface area contributed by atoms with Crippen molar-refractivity contribution in [3.8, 4) is 5.75 Å². The number of likely N-dealkylation sites (N-methyl/N-ethyl adjacent to an activating group) is 1. The number of nitrogens with one attached hydrogen (secondary N) is 1. The van der Waals surface area contributed by atoms with Gasteiger partial charge in [0.05, 0.1) is 6.61 Å².